The first-order valence-electron chi connectivity index (χ1n) is 9.92. The molecule has 0 aliphatic carbocycles. The quantitative estimate of drug-likeness (QED) is 0.695. The van der Waals surface area contributed by atoms with Crippen LogP contribution in [0.4, 0.5) is 10.2 Å². The van der Waals surface area contributed by atoms with E-state index in [-0.39, 0.29) is 18.4 Å². The van der Waals surface area contributed by atoms with Gasteiger partial charge in [0.1, 0.15) is 11.5 Å². The monoisotopic (exact) mass is 384 g/mol. The van der Waals surface area contributed by atoms with E-state index in [2.05, 4.69) is 38.9 Å². The molecule has 6 nitrogen and oxygen atoms in total. The second-order valence-electron chi connectivity index (χ2n) is 8.26. The Bertz CT molecular complexity index is 965. The summed E-state index contributed by atoms with van der Waals surface area (Å²) in [5, 5.41) is 7.83. The molecule has 1 saturated heterocycles. The maximum atomic E-state index is 14.6. The van der Waals surface area contributed by atoms with Gasteiger partial charge in [0.15, 0.2) is 11.5 Å². The number of hydrogen-bond donors (Lipinski definition) is 2. The number of aromatic nitrogens is 4. The number of nitrogens with two attached hydrogens (primary N) is 1. The van der Waals surface area contributed by atoms with Crippen LogP contribution in [0.2, 0.25) is 0 Å². The van der Waals surface area contributed by atoms with Crippen molar-refractivity contribution in [1.82, 2.24) is 20.2 Å². The Hall–Kier alpha value is -2.54. The lowest BCUT2D eigenvalue weighted by molar-refractivity contribution is 0.182. The molecule has 0 saturated carbocycles. The summed E-state index contributed by atoms with van der Waals surface area (Å²) in [7, 11) is 0. The molecule has 1 aliphatic heterocycles. The second kappa shape index (κ2) is 7.47. The maximum Gasteiger partial charge on any atom is 0.181 e. The van der Waals surface area contributed by atoms with E-state index < -0.39 is 0 Å². The predicted molar refractivity (Wildman–Crippen MR) is 112 cm³/mol. The van der Waals surface area contributed by atoms with Crippen LogP contribution in [0.5, 0.6) is 0 Å². The van der Waals surface area contributed by atoms with Gasteiger partial charge in [-0.3, -0.25) is 5.10 Å². The van der Waals surface area contributed by atoms with Gasteiger partial charge in [-0.25, -0.2) is 14.4 Å². The van der Waals surface area contributed by atoms with Crippen LogP contribution in [0.1, 0.15) is 34.5 Å². The molecule has 0 bridgehead atoms. The lowest BCUT2D eigenvalue weighted by atomic mass is 9.73. The molecular weight excluding hydrogens is 355 g/mol. The minimum atomic E-state index is -0.369. The molecule has 0 amide bonds. The fraction of sp³-hybridized carbons (Fsp3) is 0.476. The fourth-order valence-corrected chi connectivity index (χ4v) is 4.38. The molecule has 0 atom stereocenters. The van der Waals surface area contributed by atoms with Gasteiger partial charge in [0, 0.05) is 26.1 Å². The molecule has 1 fully saturated rings. The third kappa shape index (κ3) is 3.46. The van der Waals surface area contributed by atoms with Gasteiger partial charge < -0.3 is 10.6 Å². The van der Waals surface area contributed by atoms with Crippen LogP contribution < -0.4 is 10.6 Å². The summed E-state index contributed by atoms with van der Waals surface area (Å²) in [6, 6.07) is 6.93. The molecule has 3 aromatic rings. The fourth-order valence-electron chi connectivity index (χ4n) is 4.38. The third-order valence-corrected chi connectivity index (χ3v) is 5.82. The number of nitrogens with one attached hydrogen (secondary N) is 1. The Balaban J connectivity index is 0.00000240. The molecule has 0 radical (unpaired) electrons. The highest BCUT2D eigenvalue weighted by Gasteiger charge is 2.34. The average molecular weight is 385 g/mol. The first-order valence-corrected chi connectivity index (χ1v) is 9.92. The van der Waals surface area contributed by atoms with E-state index in [9.17, 15) is 4.39 Å². The average Bonchev–Trinajstić information content (AvgIpc) is 3.12. The van der Waals surface area contributed by atoms with Crippen molar-refractivity contribution >= 4 is 16.9 Å². The van der Waals surface area contributed by atoms with Gasteiger partial charge >= 0.3 is 0 Å². The topological polar surface area (TPSA) is 83.7 Å². The van der Waals surface area contributed by atoms with Crippen LogP contribution >= 0.6 is 0 Å². The number of nitrogens with zero attached hydrogens (tertiary/aromatic N) is 4. The number of H-pyrrole nitrogens is 1. The van der Waals surface area contributed by atoms with E-state index in [0.717, 1.165) is 43.6 Å². The highest BCUT2D eigenvalue weighted by Crippen LogP contribution is 2.38. The van der Waals surface area contributed by atoms with Gasteiger partial charge in [0.2, 0.25) is 0 Å². The number of pyridine rings is 2. The number of hydrogen-bond acceptors (Lipinski definition) is 5. The predicted octanol–water partition coefficient (Wildman–Crippen LogP) is 4.00. The van der Waals surface area contributed by atoms with Crippen molar-refractivity contribution in [1.29, 1.82) is 0 Å². The van der Waals surface area contributed by atoms with Gasteiger partial charge in [0.05, 0.1) is 5.69 Å². The van der Waals surface area contributed by atoms with Crippen molar-refractivity contribution in [2.24, 2.45) is 17.1 Å². The molecule has 0 unspecified atom stereocenters. The summed E-state index contributed by atoms with van der Waals surface area (Å²) in [4.78, 5) is 11.1. The van der Waals surface area contributed by atoms with E-state index in [4.69, 9.17) is 5.73 Å². The van der Waals surface area contributed by atoms with E-state index in [1.165, 1.54) is 6.07 Å². The molecule has 7 heteroatoms. The van der Waals surface area contributed by atoms with Gasteiger partial charge in [-0.2, -0.15) is 5.10 Å². The number of fused-ring (bicyclic) bond motifs is 1. The molecule has 150 valence electrons. The summed E-state index contributed by atoms with van der Waals surface area (Å²) in [5.74, 6) is 1.05. The Kier molecular flexibility index (Phi) is 5.02. The SMILES string of the molecule is CC(C)CC1(CN)CCN(c2ccc(F)c(-c3[nH]nc4ncccc34)n2)CC1.[HH]. The van der Waals surface area contributed by atoms with Gasteiger partial charge in [-0.05, 0) is 61.4 Å². The first kappa shape index (κ1) is 18.8. The van der Waals surface area contributed by atoms with Crippen molar-refractivity contribution in [2.45, 2.75) is 33.1 Å². The molecular formula is C21H29FN6. The minimum absolute atomic E-state index is 0. The van der Waals surface area contributed by atoms with Crippen LogP contribution in [0.3, 0.4) is 0 Å². The summed E-state index contributed by atoms with van der Waals surface area (Å²) in [5.41, 5.74) is 7.75. The van der Waals surface area contributed by atoms with Crippen molar-refractivity contribution in [3.05, 3.63) is 36.3 Å². The van der Waals surface area contributed by atoms with Crippen molar-refractivity contribution < 1.29 is 5.82 Å². The van der Waals surface area contributed by atoms with Crippen LogP contribution in [-0.4, -0.2) is 39.8 Å². The van der Waals surface area contributed by atoms with E-state index in [0.29, 0.717) is 23.8 Å². The Morgan fingerprint density at radius 2 is 2.07 bits per heavy atom. The normalized spacial score (nSPS) is 16.8. The van der Waals surface area contributed by atoms with Gasteiger partial charge in [-0.1, -0.05) is 13.8 Å². The summed E-state index contributed by atoms with van der Waals surface area (Å²) < 4.78 is 14.6. The Morgan fingerprint density at radius 1 is 1.29 bits per heavy atom. The number of piperidine rings is 1. The lowest BCUT2D eigenvalue weighted by Gasteiger charge is -2.42. The Morgan fingerprint density at radius 3 is 2.79 bits per heavy atom. The molecule has 4 rings (SSSR count). The summed E-state index contributed by atoms with van der Waals surface area (Å²) in [6.45, 7) is 6.98. The van der Waals surface area contributed by atoms with Crippen molar-refractivity contribution in [3.63, 3.8) is 0 Å². The minimum Gasteiger partial charge on any atom is -0.357 e. The zero-order chi connectivity index (χ0) is 19.7. The van der Waals surface area contributed by atoms with Crippen molar-refractivity contribution in [2.75, 3.05) is 24.5 Å². The largest absolute Gasteiger partial charge is 0.357 e. The maximum absolute atomic E-state index is 14.6. The van der Waals surface area contributed by atoms with Crippen LogP contribution in [0.15, 0.2) is 30.5 Å². The highest BCUT2D eigenvalue weighted by molar-refractivity contribution is 5.89. The second-order valence-corrected chi connectivity index (χ2v) is 8.26. The highest BCUT2D eigenvalue weighted by atomic mass is 19.1. The van der Waals surface area contributed by atoms with E-state index in [1.807, 2.05) is 12.1 Å². The standard InChI is InChI=1S/C21H27FN6.H2/c1-14(2)12-21(13-23)7-10-28(11-8-21)17-6-5-16(22)19(25-17)18-15-4-3-9-24-20(15)27-26-18;/h3-6,9,14H,7-8,10-13,23H2,1-2H3,(H,24,26,27);1H. The summed E-state index contributed by atoms with van der Waals surface area (Å²) in [6.07, 6.45) is 4.88. The molecule has 4 heterocycles. The van der Waals surface area contributed by atoms with Gasteiger partial charge in [0.25, 0.3) is 0 Å². The van der Waals surface area contributed by atoms with Gasteiger partial charge in [-0.15, -0.1) is 0 Å². The molecule has 3 N–H and O–H groups in total. The molecule has 0 aromatic carbocycles. The molecule has 28 heavy (non-hydrogen) atoms. The van der Waals surface area contributed by atoms with Crippen LogP contribution in [0.25, 0.3) is 22.4 Å². The number of aromatic amines is 1. The Labute approximate surface area is 165 Å². The smallest absolute Gasteiger partial charge is 0.181 e. The first-order chi connectivity index (χ1) is 13.5. The number of halogens is 1. The molecule has 1 aliphatic rings. The molecule has 3 aromatic heterocycles. The zero-order valence-corrected chi connectivity index (χ0v) is 16.5. The number of rotatable bonds is 5. The van der Waals surface area contributed by atoms with Crippen molar-refractivity contribution in [3.8, 4) is 11.4 Å². The van der Waals surface area contributed by atoms with E-state index >= 15 is 0 Å². The van der Waals surface area contributed by atoms with Crippen LogP contribution in [-0.2, 0) is 0 Å². The van der Waals surface area contributed by atoms with E-state index in [1.54, 1.807) is 12.3 Å². The third-order valence-electron chi connectivity index (χ3n) is 5.82. The zero-order valence-electron chi connectivity index (χ0n) is 16.5. The molecule has 0 spiro atoms. The lowest BCUT2D eigenvalue weighted by Crippen LogP contribution is -2.45. The van der Waals surface area contributed by atoms with Crippen LogP contribution in [0, 0.1) is 17.2 Å². The number of anilines is 1. The summed E-state index contributed by atoms with van der Waals surface area (Å²) >= 11 is 0.